The van der Waals surface area contributed by atoms with Crippen LogP contribution in [0, 0.1) is 6.92 Å². The predicted molar refractivity (Wildman–Crippen MR) is 84.7 cm³/mol. The lowest BCUT2D eigenvalue weighted by molar-refractivity contribution is -0.138. The summed E-state index contributed by atoms with van der Waals surface area (Å²) in [5.74, 6) is -0.261. The minimum absolute atomic E-state index is 0.103. The average molecular weight is 390 g/mol. The number of carbonyl (C=O) groups excluding carboxylic acids is 1. The third-order valence-electron chi connectivity index (χ3n) is 4.20. The maximum absolute atomic E-state index is 13.3. The van der Waals surface area contributed by atoms with Gasteiger partial charge in [0, 0.05) is 25.1 Å². The molecule has 26 heavy (non-hydrogen) atoms. The topological polar surface area (TPSA) is 68.5 Å². The molecule has 2 heterocycles. The third kappa shape index (κ3) is 3.54. The van der Waals surface area contributed by atoms with Gasteiger partial charge in [-0.1, -0.05) is 16.8 Å². The second-order valence-electron chi connectivity index (χ2n) is 5.93. The van der Waals surface area contributed by atoms with Gasteiger partial charge in [-0.15, -0.1) is 0 Å². The first-order chi connectivity index (χ1) is 12.2. The van der Waals surface area contributed by atoms with Crippen molar-refractivity contribution >= 4 is 17.5 Å². The Labute approximate surface area is 151 Å². The van der Waals surface area contributed by atoms with Crippen molar-refractivity contribution in [2.75, 3.05) is 13.7 Å². The fourth-order valence-corrected chi connectivity index (χ4v) is 3.14. The van der Waals surface area contributed by atoms with Gasteiger partial charge in [0.15, 0.2) is 5.82 Å². The first-order valence-corrected chi connectivity index (χ1v) is 8.09. The summed E-state index contributed by atoms with van der Waals surface area (Å²) in [7, 11) is 1.47. The normalized spacial score (nSPS) is 20.6. The summed E-state index contributed by atoms with van der Waals surface area (Å²) in [5, 5.41) is 3.58. The van der Waals surface area contributed by atoms with Crippen LogP contribution in [0.4, 0.5) is 13.2 Å². The van der Waals surface area contributed by atoms with Crippen molar-refractivity contribution in [1.29, 1.82) is 0 Å². The van der Waals surface area contributed by atoms with Crippen molar-refractivity contribution in [2.24, 2.45) is 0 Å². The van der Waals surface area contributed by atoms with Crippen LogP contribution in [-0.4, -0.2) is 40.7 Å². The van der Waals surface area contributed by atoms with Crippen molar-refractivity contribution in [1.82, 2.24) is 15.0 Å². The monoisotopic (exact) mass is 389 g/mol. The summed E-state index contributed by atoms with van der Waals surface area (Å²) in [6.45, 7) is 1.73. The molecule has 0 saturated carbocycles. The summed E-state index contributed by atoms with van der Waals surface area (Å²) in [6.07, 6.45) is -4.72. The molecule has 10 heteroatoms. The van der Waals surface area contributed by atoms with Gasteiger partial charge in [0.25, 0.3) is 5.91 Å². The first kappa shape index (κ1) is 18.7. The van der Waals surface area contributed by atoms with Crippen molar-refractivity contribution in [3.8, 4) is 0 Å². The average Bonchev–Trinajstić information content (AvgIpc) is 3.19. The van der Waals surface area contributed by atoms with Gasteiger partial charge in [-0.05, 0) is 25.1 Å². The Morgan fingerprint density at radius 3 is 2.73 bits per heavy atom. The number of rotatable bonds is 3. The number of methoxy groups -OCH3 is 1. The van der Waals surface area contributed by atoms with Crippen LogP contribution in [0.25, 0.3) is 0 Å². The summed E-state index contributed by atoms with van der Waals surface area (Å²) < 4.78 is 50.4. The number of halogens is 4. The van der Waals surface area contributed by atoms with E-state index in [2.05, 4.69) is 10.1 Å². The van der Waals surface area contributed by atoms with Gasteiger partial charge >= 0.3 is 6.18 Å². The molecule has 0 N–H and O–H groups in total. The van der Waals surface area contributed by atoms with E-state index in [9.17, 15) is 18.0 Å². The molecule has 1 amide bonds. The summed E-state index contributed by atoms with van der Waals surface area (Å²) in [6, 6.07) is 2.40. The fraction of sp³-hybridized carbons (Fsp3) is 0.438. The van der Waals surface area contributed by atoms with E-state index in [4.69, 9.17) is 20.9 Å². The molecule has 2 aromatic rings. The van der Waals surface area contributed by atoms with E-state index in [-0.39, 0.29) is 23.6 Å². The van der Waals surface area contributed by atoms with E-state index in [1.165, 1.54) is 18.1 Å². The maximum Gasteiger partial charge on any atom is 0.417 e. The van der Waals surface area contributed by atoms with Crippen LogP contribution < -0.4 is 0 Å². The van der Waals surface area contributed by atoms with E-state index >= 15 is 0 Å². The smallest absolute Gasteiger partial charge is 0.380 e. The molecule has 2 atom stereocenters. The Morgan fingerprint density at radius 2 is 2.15 bits per heavy atom. The molecule has 0 aliphatic carbocycles. The molecular formula is C16H15ClF3N3O3. The number of aryl methyl sites for hydroxylation is 1. The quantitative estimate of drug-likeness (QED) is 0.801. The lowest BCUT2D eigenvalue weighted by atomic mass is 10.1. The largest absolute Gasteiger partial charge is 0.417 e. The molecule has 1 aromatic heterocycles. The molecule has 6 nitrogen and oxygen atoms in total. The Morgan fingerprint density at radius 1 is 1.42 bits per heavy atom. The summed E-state index contributed by atoms with van der Waals surface area (Å²) >= 11 is 5.68. The van der Waals surface area contributed by atoms with Crippen LogP contribution in [0.3, 0.4) is 0 Å². The number of nitrogens with zero attached hydrogens (tertiary/aromatic N) is 3. The number of hydrogen-bond acceptors (Lipinski definition) is 5. The summed E-state index contributed by atoms with van der Waals surface area (Å²) in [4.78, 5) is 18.3. The highest BCUT2D eigenvalue weighted by molar-refractivity contribution is 6.30. The van der Waals surface area contributed by atoms with Crippen LogP contribution in [0.1, 0.15) is 40.1 Å². The number of amides is 1. The highest BCUT2D eigenvalue weighted by Gasteiger charge is 2.43. The SMILES string of the molecule is CO[C@H]1C[C@H](c2nc(C)no2)N(C(=O)c2ccc(Cl)cc2C(F)(F)F)C1. The number of hydrogen-bond donors (Lipinski definition) is 0. The Kier molecular flexibility index (Phi) is 4.94. The van der Waals surface area contributed by atoms with Crippen LogP contribution in [0.15, 0.2) is 22.7 Å². The van der Waals surface area contributed by atoms with Gasteiger partial charge in [0.1, 0.15) is 6.04 Å². The Bertz CT molecular complexity index is 825. The standard InChI is InChI=1S/C16H15ClF3N3O3/c1-8-21-14(26-22-8)13-6-10(25-2)7-23(13)15(24)11-4-3-9(17)5-12(11)16(18,19)20/h3-5,10,13H,6-7H2,1-2H3/t10-,13+/m0/s1. The van der Waals surface area contributed by atoms with Gasteiger partial charge in [-0.3, -0.25) is 4.79 Å². The summed E-state index contributed by atoms with van der Waals surface area (Å²) in [5.41, 5.74) is -1.57. The molecule has 1 aliphatic rings. The van der Waals surface area contributed by atoms with E-state index < -0.39 is 29.3 Å². The molecule has 0 spiro atoms. The molecule has 1 fully saturated rings. The minimum atomic E-state index is -4.72. The van der Waals surface area contributed by atoms with Crippen molar-refractivity contribution in [2.45, 2.75) is 31.7 Å². The number of likely N-dealkylation sites (tertiary alicyclic amines) is 1. The van der Waals surface area contributed by atoms with Gasteiger partial charge in [-0.25, -0.2) is 0 Å². The first-order valence-electron chi connectivity index (χ1n) is 7.71. The highest BCUT2D eigenvalue weighted by Crippen LogP contribution is 2.38. The van der Waals surface area contributed by atoms with Crippen molar-refractivity contribution in [3.05, 3.63) is 46.1 Å². The van der Waals surface area contributed by atoms with Crippen LogP contribution in [0.5, 0.6) is 0 Å². The highest BCUT2D eigenvalue weighted by atomic mass is 35.5. The molecule has 1 saturated heterocycles. The predicted octanol–water partition coefficient (Wildman–Crippen LogP) is 3.65. The Balaban J connectivity index is 2.00. The van der Waals surface area contributed by atoms with E-state index in [0.717, 1.165) is 12.1 Å². The van der Waals surface area contributed by atoms with Crippen LogP contribution in [0.2, 0.25) is 5.02 Å². The third-order valence-corrected chi connectivity index (χ3v) is 4.44. The van der Waals surface area contributed by atoms with Crippen LogP contribution >= 0.6 is 11.6 Å². The van der Waals surface area contributed by atoms with E-state index in [1.807, 2.05) is 0 Å². The Hall–Kier alpha value is -2.13. The molecule has 0 radical (unpaired) electrons. The molecule has 1 aliphatic heterocycles. The van der Waals surface area contributed by atoms with E-state index in [0.29, 0.717) is 12.2 Å². The lowest BCUT2D eigenvalue weighted by Gasteiger charge is -2.23. The zero-order chi connectivity index (χ0) is 19.1. The molecule has 0 bridgehead atoms. The minimum Gasteiger partial charge on any atom is -0.380 e. The zero-order valence-corrected chi connectivity index (χ0v) is 14.6. The second kappa shape index (κ2) is 6.88. The fourth-order valence-electron chi connectivity index (χ4n) is 2.97. The number of alkyl halides is 3. The van der Waals surface area contributed by atoms with Gasteiger partial charge in [-0.2, -0.15) is 18.2 Å². The molecule has 0 unspecified atom stereocenters. The second-order valence-corrected chi connectivity index (χ2v) is 6.37. The van der Waals surface area contributed by atoms with Crippen molar-refractivity contribution in [3.63, 3.8) is 0 Å². The number of ether oxygens (including phenoxy) is 1. The van der Waals surface area contributed by atoms with Gasteiger partial charge in [0.05, 0.1) is 17.2 Å². The molecular weight excluding hydrogens is 375 g/mol. The number of aromatic nitrogens is 2. The molecule has 140 valence electrons. The molecule has 1 aromatic carbocycles. The maximum atomic E-state index is 13.3. The lowest BCUT2D eigenvalue weighted by Crippen LogP contribution is -2.33. The molecule has 3 rings (SSSR count). The van der Waals surface area contributed by atoms with Gasteiger partial charge < -0.3 is 14.2 Å². The number of carbonyl (C=O) groups is 1. The van der Waals surface area contributed by atoms with Crippen LogP contribution in [-0.2, 0) is 10.9 Å². The number of benzene rings is 1. The van der Waals surface area contributed by atoms with Gasteiger partial charge in [0.2, 0.25) is 5.89 Å². The zero-order valence-electron chi connectivity index (χ0n) is 13.9. The van der Waals surface area contributed by atoms with E-state index in [1.54, 1.807) is 6.92 Å². The van der Waals surface area contributed by atoms with Crippen molar-refractivity contribution < 1.29 is 27.2 Å².